The Morgan fingerprint density at radius 2 is 2.14 bits per heavy atom. The highest BCUT2D eigenvalue weighted by Crippen LogP contribution is 2.27. The van der Waals surface area contributed by atoms with Crippen molar-refractivity contribution in [3.8, 4) is 6.07 Å². The Hall–Kier alpha value is -2.12. The monoisotopic (exact) mass is 281 g/mol. The number of nitriles is 1. The summed E-state index contributed by atoms with van der Waals surface area (Å²) in [5.74, 6) is 0.811. The highest BCUT2D eigenvalue weighted by atomic mass is 16.3. The lowest BCUT2D eigenvalue weighted by molar-refractivity contribution is 0.254. The normalized spacial score (nSPS) is 19.2. The number of rotatable bonds is 2. The van der Waals surface area contributed by atoms with Crippen LogP contribution in [0.4, 0.5) is 5.82 Å². The summed E-state index contributed by atoms with van der Waals surface area (Å²) in [4.78, 5) is 6.88. The van der Waals surface area contributed by atoms with Crippen LogP contribution in [-0.2, 0) is 0 Å². The number of aromatic nitrogens is 1. The summed E-state index contributed by atoms with van der Waals surface area (Å²) in [7, 11) is 0. The Labute approximate surface area is 124 Å². The zero-order chi connectivity index (χ0) is 14.7. The van der Waals surface area contributed by atoms with Crippen LogP contribution in [0.15, 0.2) is 30.3 Å². The van der Waals surface area contributed by atoms with Gasteiger partial charge in [-0.1, -0.05) is 31.0 Å². The van der Waals surface area contributed by atoms with Gasteiger partial charge in [0.05, 0.1) is 29.8 Å². The molecule has 1 aromatic heterocycles. The number of anilines is 1. The van der Waals surface area contributed by atoms with E-state index in [0.717, 1.165) is 42.5 Å². The van der Waals surface area contributed by atoms with Crippen LogP contribution in [0.2, 0.25) is 0 Å². The Balaban J connectivity index is 2.08. The molecule has 2 aromatic rings. The molecule has 1 unspecified atom stereocenters. The van der Waals surface area contributed by atoms with Gasteiger partial charge in [0.2, 0.25) is 0 Å². The molecule has 1 fully saturated rings. The maximum absolute atomic E-state index is 9.65. The van der Waals surface area contributed by atoms with Crippen molar-refractivity contribution in [1.82, 2.24) is 4.98 Å². The average Bonchev–Trinajstić information content (AvgIpc) is 2.79. The molecule has 1 N–H and O–H groups in total. The molecule has 0 aliphatic carbocycles. The summed E-state index contributed by atoms with van der Waals surface area (Å²) in [6, 6.07) is 12.0. The van der Waals surface area contributed by atoms with Crippen molar-refractivity contribution in [3.63, 3.8) is 0 Å². The fourth-order valence-electron chi connectivity index (χ4n) is 3.07. The number of hydrogen-bond acceptors (Lipinski definition) is 4. The van der Waals surface area contributed by atoms with E-state index in [1.807, 2.05) is 30.3 Å². The van der Waals surface area contributed by atoms with Crippen molar-refractivity contribution < 1.29 is 5.11 Å². The average molecular weight is 281 g/mol. The number of aliphatic hydroxyl groups is 1. The molecule has 4 nitrogen and oxygen atoms in total. The lowest BCUT2D eigenvalue weighted by Crippen LogP contribution is -2.38. The molecule has 108 valence electrons. The Morgan fingerprint density at radius 1 is 1.29 bits per heavy atom. The third-order valence-electron chi connectivity index (χ3n) is 4.21. The predicted molar refractivity (Wildman–Crippen MR) is 83.1 cm³/mol. The molecular weight excluding hydrogens is 262 g/mol. The first kappa shape index (κ1) is 13.8. The van der Waals surface area contributed by atoms with Gasteiger partial charge in [0.25, 0.3) is 0 Å². The lowest BCUT2D eigenvalue weighted by atomic mass is 10.1. The molecule has 4 heteroatoms. The Morgan fingerprint density at radius 3 is 2.95 bits per heavy atom. The SMILES string of the molecule is N#Cc1cc(N2CCCCCC2CO)nc2ccccc12. The number of benzene rings is 1. The van der Waals surface area contributed by atoms with Gasteiger partial charge >= 0.3 is 0 Å². The van der Waals surface area contributed by atoms with Gasteiger partial charge in [0.15, 0.2) is 0 Å². The highest BCUT2D eigenvalue weighted by Gasteiger charge is 2.22. The number of para-hydroxylation sites is 1. The second-order valence-corrected chi connectivity index (χ2v) is 5.54. The Bertz CT molecular complexity index is 677. The summed E-state index contributed by atoms with van der Waals surface area (Å²) in [6.07, 6.45) is 4.41. The van der Waals surface area contributed by atoms with Crippen LogP contribution in [0.1, 0.15) is 31.2 Å². The first-order valence-corrected chi connectivity index (χ1v) is 7.51. The first-order valence-electron chi connectivity index (χ1n) is 7.51. The van der Waals surface area contributed by atoms with Crippen molar-refractivity contribution in [1.29, 1.82) is 5.26 Å². The van der Waals surface area contributed by atoms with Crippen LogP contribution in [0.3, 0.4) is 0 Å². The van der Waals surface area contributed by atoms with Crippen molar-refractivity contribution in [2.24, 2.45) is 0 Å². The third-order valence-corrected chi connectivity index (χ3v) is 4.21. The lowest BCUT2D eigenvalue weighted by Gasteiger charge is -2.30. The second kappa shape index (κ2) is 6.11. The molecule has 1 saturated heterocycles. The fraction of sp³-hybridized carbons (Fsp3) is 0.412. The molecule has 1 aliphatic heterocycles. The topological polar surface area (TPSA) is 60.2 Å². The van der Waals surface area contributed by atoms with Crippen LogP contribution >= 0.6 is 0 Å². The number of pyridine rings is 1. The van der Waals surface area contributed by atoms with E-state index < -0.39 is 0 Å². The zero-order valence-corrected chi connectivity index (χ0v) is 12.0. The fourth-order valence-corrected chi connectivity index (χ4v) is 3.07. The summed E-state index contributed by atoms with van der Waals surface area (Å²) < 4.78 is 0. The van der Waals surface area contributed by atoms with E-state index in [1.54, 1.807) is 0 Å². The largest absolute Gasteiger partial charge is 0.394 e. The minimum absolute atomic E-state index is 0.104. The zero-order valence-electron chi connectivity index (χ0n) is 12.0. The molecule has 1 aromatic carbocycles. The summed E-state index contributed by atoms with van der Waals surface area (Å²) in [5, 5.41) is 19.9. The maximum atomic E-state index is 9.65. The van der Waals surface area contributed by atoms with Gasteiger partial charge in [-0.05, 0) is 25.0 Å². The quantitative estimate of drug-likeness (QED) is 0.919. The molecular formula is C17H19N3O. The smallest absolute Gasteiger partial charge is 0.130 e. The summed E-state index contributed by atoms with van der Waals surface area (Å²) >= 11 is 0. The minimum Gasteiger partial charge on any atom is -0.394 e. The van der Waals surface area contributed by atoms with Crippen molar-refractivity contribution in [2.45, 2.75) is 31.7 Å². The van der Waals surface area contributed by atoms with E-state index in [1.165, 1.54) is 6.42 Å². The molecule has 0 bridgehead atoms. The first-order chi connectivity index (χ1) is 10.3. The van der Waals surface area contributed by atoms with Gasteiger partial charge in [-0.15, -0.1) is 0 Å². The number of aliphatic hydroxyl groups excluding tert-OH is 1. The van der Waals surface area contributed by atoms with Gasteiger partial charge in [-0.25, -0.2) is 4.98 Å². The van der Waals surface area contributed by atoms with Crippen LogP contribution in [0, 0.1) is 11.3 Å². The van der Waals surface area contributed by atoms with Gasteiger partial charge in [0, 0.05) is 11.9 Å². The van der Waals surface area contributed by atoms with E-state index in [0.29, 0.717) is 5.56 Å². The van der Waals surface area contributed by atoms with E-state index >= 15 is 0 Å². The predicted octanol–water partition coefficient (Wildman–Crippen LogP) is 2.85. The third kappa shape index (κ3) is 2.70. The van der Waals surface area contributed by atoms with Gasteiger partial charge in [-0.2, -0.15) is 5.26 Å². The molecule has 0 spiro atoms. The van der Waals surface area contributed by atoms with Gasteiger partial charge in [0.1, 0.15) is 5.82 Å². The molecule has 21 heavy (non-hydrogen) atoms. The summed E-state index contributed by atoms with van der Waals surface area (Å²) in [6.45, 7) is 1.03. The Kier molecular flexibility index (Phi) is 4.03. The highest BCUT2D eigenvalue weighted by molar-refractivity contribution is 5.86. The minimum atomic E-state index is 0.104. The second-order valence-electron chi connectivity index (χ2n) is 5.54. The molecule has 1 aliphatic rings. The van der Waals surface area contributed by atoms with Crippen LogP contribution in [0.5, 0.6) is 0 Å². The molecule has 0 saturated carbocycles. The number of fused-ring (bicyclic) bond motifs is 1. The van der Waals surface area contributed by atoms with E-state index in [-0.39, 0.29) is 12.6 Å². The molecule has 2 heterocycles. The number of nitrogens with zero attached hydrogens (tertiary/aromatic N) is 3. The van der Waals surface area contributed by atoms with Crippen molar-refractivity contribution in [3.05, 3.63) is 35.9 Å². The maximum Gasteiger partial charge on any atom is 0.130 e. The van der Waals surface area contributed by atoms with Gasteiger partial charge in [-0.3, -0.25) is 0 Å². The van der Waals surface area contributed by atoms with Crippen LogP contribution < -0.4 is 4.90 Å². The van der Waals surface area contributed by atoms with E-state index in [4.69, 9.17) is 4.98 Å². The molecule has 0 amide bonds. The number of hydrogen-bond donors (Lipinski definition) is 1. The van der Waals surface area contributed by atoms with Crippen LogP contribution in [0.25, 0.3) is 10.9 Å². The van der Waals surface area contributed by atoms with Crippen molar-refractivity contribution >= 4 is 16.7 Å². The standard InChI is InChI=1S/C17H19N3O/c18-11-13-10-17(19-16-8-4-3-7-15(13)16)20-9-5-1-2-6-14(20)12-21/h3-4,7-8,10,14,21H,1-2,5-6,9,12H2. The van der Waals surface area contributed by atoms with E-state index in [9.17, 15) is 10.4 Å². The van der Waals surface area contributed by atoms with E-state index in [2.05, 4.69) is 11.0 Å². The van der Waals surface area contributed by atoms with Gasteiger partial charge < -0.3 is 10.0 Å². The van der Waals surface area contributed by atoms with Crippen molar-refractivity contribution in [2.75, 3.05) is 18.1 Å². The molecule has 0 radical (unpaired) electrons. The molecule has 1 atom stereocenters. The molecule has 3 rings (SSSR count). The summed E-state index contributed by atoms with van der Waals surface area (Å²) in [5.41, 5.74) is 1.49. The van der Waals surface area contributed by atoms with Crippen LogP contribution in [-0.4, -0.2) is 29.3 Å².